The zero-order chi connectivity index (χ0) is 13.2. The van der Waals surface area contributed by atoms with E-state index in [1.165, 1.54) is 16.9 Å². The van der Waals surface area contributed by atoms with E-state index >= 15 is 0 Å². The van der Waals surface area contributed by atoms with Gasteiger partial charge in [0.15, 0.2) is 5.13 Å². The van der Waals surface area contributed by atoms with Crippen molar-refractivity contribution in [3.05, 3.63) is 45.4 Å². The molecule has 0 aliphatic heterocycles. The number of pyridine rings is 1. The lowest BCUT2D eigenvalue weighted by molar-refractivity contribution is 1.06. The number of hydrogen-bond acceptors (Lipinski definition) is 6. The molecule has 0 radical (unpaired) electrons. The van der Waals surface area contributed by atoms with Crippen LogP contribution < -0.4 is 5.73 Å². The third-order valence-electron chi connectivity index (χ3n) is 2.79. The van der Waals surface area contributed by atoms with Gasteiger partial charge >= 0.3 is 0 Å². The largest absolute Gasteiger partial charge is 0.375 e. The Labute approximate surface area is 119 Å². The number of nitrogens with zero attached hydrogens (tertiary/aromatic N) is 3. The molecular formula is C13H12N4S2. The predicted octanol–water partition coefficient (Wildman–Crippen LogP) is 3.14. The fourth-order valence-corrected chi connectivity index (χ4v) is 3.15. The first-order valence-corrected chi connectivity index (χ1v) is 7.54. The first-order valence-electron chi connectivity index (χ1n) is 5.78. The topological polar surface area (TPSA) is 64.7 Å². The molecule has 0 saturated heterocycles. The Balaban J connectivity index is 1.84. The minimum Gasteiger partial charge on any atom is -0.375 e. The molecule has 0 fully saturated rings. The summed E-state index contributed by atoms with van der Waals surface area (Å²) in [6.07, 6.45) is 2.62. The van der Waals surface area contributed by atoms with Crippen LogP contribution in [0.25, 0.3) is 11.4 Å². The van der Waals surface area contributed by atoms with Gasteiger partial charge in [-0.3, -0.25) is 4.98 Å². The van der Waals surface area contributed by atoms with Crippen LogP contribution in [0.1, 0.15) is 16.3 Å². The summed E-state index contributed by atoms with van der Waals surface area (Å²) in [4.78, 5) is 13.1. The molecule has 0 amide bonds. The first-order chi connectivity index (χ1) is 9.22. The highest BCUT2D eigenvalue weighted by atomic mass is 32.1. The van der Waals surface area contributed by atoms with Crippen LogP contribution in [0.2, 0.25) is 0 Å². The number of anilines is 1. The maximum absolute atomic E-state index is 5.64. The lowest BCUT2D eigenvalue weighted by Gasteiger charge is -2.00. The molecule has 0 aromatic carbocycles. The third kappa shape index (κ3) is 2.64. The van der Waals surface area contributed by atoms with E-state index < -0.39 is 0 Å². The summed E-state index contributed by atoms with van der Waals surface area (Å²) >= 11 is 3.08. The standard InChI is InChI=1S/C13H12N4S2/c1-8-9(3-2-4-15-8)5-12-16-10(6-18-12)11-7-19-13(14)17-11/h2-4,6-7H,5H2,1H3,(H2,14,17). The molecule has 0 bridgehead atoms. The summed E-state index contributed by atoms with van der Waals surface area (Å²) in [6, 6.07) is 4.04. The van der Waals surface area contributed by atoms with Crippen LogP contribution >= 0.6 is 22.7 Å². The Morgan fingerprint density at radius 3 is 2.68 bits per heavy atom. The van der Waals surface area contributed by atoms with Gasteiger partial charge in [0.05, 0.1) is 5.01 Å². The molecule has 0 spiro atoms. The molecule has 3 rings (SSSR count). The van der Waals surface area contributed by atoms with Gasteiger partial charge in [-0.2, -0.15) is 0 Å². The number of rotatable bonds is 3. The SMILES string of the molecule is Cc1ncccc1Cc1nc(-c2csc(N)n2)cs1. The highest BCUT2D eigenvalue weighted by molar-refractivity contribution is 7.14. The van der Waals surface area contributed by atoms with Gasteiger partial charge in [0.25, 0.3) is 0 Å². The van der Waals surface area contributed by atoms with Crippen molar-refractivity contribution in [2.45, 2.75) is 13.3 Å². The maximum Gasteiger partial charge on any atom is 0.180 e. The van der Waals surface area contributed by atoms with Crippen molar-refractivity contribution in [2.24, 2.45) is 0 Å². The van der Waals surface area contributed by atoms with Crippen LogP contribution in [0.15, 0.2) is 29.1 Å². The maximum atomic E-state index is 5.64. The lowest BCUT2D eigenvalue weighted by Crippen LogP contribution is -1.93. The van der Waals surface area contributed by atoms with Crippen LogP contribution in [0.4, 0.5) is 5.13 Å². The van der Waals surface area contributed by atoms with Crippen molar-refractivity contribution in [2.75, 3.05) is 5.73 Å². The van der Waals surface area contributed by atoms with E-state index in [1.54, 1.807) is 11.3 Å². The molecule has 3 heterocycles. The second-order valence-electron chi connectivity index (χ2n) is 4.12. The second-order valence-corrected chi connectivity index (χ2v) is 5.95. The predicted molar refractivity (Wildman–Crippen MR) is 79.4 cm³/mol. The van der Waals surface area contributed by atoms with Crippen molar-refractivity contribution in [3.63, 3.8) is 0 Å². The van der Waals surface area contributed by atoms with E-state index in [0.29, 0.717) is 5.13 Å². The second kappa shape index (κ2) is 5.07. The average Bonchev–Trinajstić information content (AvgIpc) is 3.01. The molecule has 2 N–H and O–H groups in total. The number of nitrogens with two attached hydrogens (primary N) is 1. The first kappa shape index (κ1) is 12.3. The molecular weight excluding hydrogens is 276 g/mol. The Morgan fingerprint density at radius 2 is 1.95 bits per heavy atom. The molecule has 0 aliphatic carbocycles. The van der Waals surface area contributed by atoms with Crippen molar-refractivity contribution in [3.8, 4) is 11.4 Å². The Bertz CT molecular complexity index is 702. The minimum absolute atomic E-state index is 0.577. The van der Waals surface area contributed by atoms with Gasteiger partial charge < -0.3 is 5.73 Å². The molecule has 0 atom stereocenters. The number of aryl methyl sites for hydroxylation is 1. The number of aromatic nitrogens is 3. The van der Waals surface area contributed by atoms with E-state index in [9.17, 15) is 0 Å². The van der Waals surface area contributed by atoms with Gasteiger partial charge in [-0.15, -0.1) is 22.7 Å². The Morgan fingerprint density at radius 1 is 1.16 bits per heavy atom. The fraction of sp³-hybridized carbons (Fsp3) is 0.154. The molecule has 6 heteroatoms. The van der Waals surface area contributed by atoms with E-state index in [1.807, 2.05) is 29.9 Å². The van der Waals surface area contributed by atoms with Crippen molar-refractivity contribution < 1.29 is 0 Å². The van der Waals surface area contributed by atoms with Crippen LogP contribution in [0, 0.1) is 6.92 Å². The zero-order valence-corrected chi connectivity index (χ0v) is 12.0. The van der Waals surface area contributed by atoms with Crippen LogP contribution in [-0.2, 0) is 6.42 Å². The molecule has 0 saturated carbocycles. The molecule has 3 aromatic rings. The van der Waals surface area contributed by atoms with Gasteiger partial charge in [0, 0.05) is 29.1 Å². The number of nitrogen functional groups attached to an aromatic ring is 1. The summed E-state index contributed by atoms with van der Waals surface area (Å²) in [5.41, 5.74) is 9.66. The summed E-state index contributed by atoms with van der Waals surface area (Å²) in [6.45, 7) is 2.02. The molecule has 0 aliphatic rings. The highest BCUT2D eigenvalue weighted by Gasteiger charge is 2.09. The van der Waals surface area contributed by atoms with Gasteiger partial charge in [-0.05, 0) is 18.6 Å². The number of thiazole rings is 2. The van der Waals surface area contributed by atoms with Crippen molar-refractivity contribution in [1.82, 2.24) is 15.0 Å². The van der Waals surface area contributed by atoms with Gasteiger partial charge in [-0.25, -0.2) is 9.97 Å². The number of hydrogen-bond donors (Lipinski definition) is 1. The third-order valence-corrected chi connectivity index (χ3v) is 4.32. The molecule has 0 unspecified atom stereocenters. The highest BCUT2D eigenvalue weighted by Crippen LogP contribution is 2.25. The molecule has 19 heavy (non-hydrogen) atoms. The molecule has 96 valence electrons. The zero-order valence-electron chi connectivity index (χ0n) is 10.3. The van der Waals surface area contributed by atoms with E-state index in [2.05, 4.69) is 21.0 Å². The summed E-state index contributed by atoms with van der Waals surface area (Å²) in [5.74, 6) is 0. The Kier molecular flexibility index (Phi) is 3.27. The van der Waals surface area contributed by atoms with Crippen molar-refractivity contribution in [1.29, 1.82) is 0 Å². The Hall–Kier alpha value is -1.79. The lowest BCUT2D eigenvalue weighted by atomic mass is 10.1. The average molecular weight is 288 g/mol. The van der Waals surface area contributed by atoms with E-state index in [0.717, 1.165) is 28.5 Å². The minimum atomic E-state index is 0.577. The van der Waals surface area contributed by atoms with Gasteiger partial charge in [-0.1, -0.05) is 6.07 Å². The van der Waals surface area contributed by atoms with Gasteiger partial charge in [0.1, 0.15) is 11.4 Å². The quantitative estimate of drug-likeness (QED) is 0.804. The molecule has 4 nitrogen and oxygen atoms in total. The summed E-state index contributed by atoms with van der Waals surface area (Å²) in [5, 5.41) is 5.60. The van der Waals surface area contributed by atoms with E-state index in [4.69, 9.17) is 5.73 Å². The monoisotopic (exact) mass is 288 g/mol. The van der Waals surface area contributed by atoms with Crippen LogP contribution in [-0.4, -0.2) is 15.0 Å². The van der Waals surface area contributed by atoms with Crippen molar-refractivity contribution >= 4 is 27.8 Å². The molecule has 3 aromatic heterocycles. The fourth-order valence-electron chi connectivity index (χ4n) is 1.78. The smallest absolute Gasteiger partial charge is 0.180 e. The summed E-state index contributed by atoms with van der Waals surface area (Å²) in [7, 11) is 0. The van der Waals surface area contributed by atoms with Crippen LogP contribution in [0.5, 0.6) is 0 Å². The normalized spacial score (nSPS) is 10.8. The summed E-state index contributed by atoms with van der Waals surface area (Å²) < 4.78 is 0. The van der Waals surface area contributed by atoms with Crippen LogP contribution in [0.3, 0.4) is 0 Å². The van der Waals surface area contributed by atoms with E-state index in [-0.39, 0.29) is 0 Å². The van der Waals surface area contributed by atoms with Gasteiger partial charge in [0.2, 0.25) is 0 Å².